The van der Waals surface area contributed by atoms with Crippen LogP contribution in [-0.4, -0.2) is 4.98 Å². The number of hydrogen-bond acceptors (Lipinski definition) is 1. The van der Waals surface area contributed by atoms with Gasteiger partial charge in [-0.1, -0.05) is 82.9 Å². The fourth-order valence-corrected chi connectivity index (χ4v) is 3.07. The highest BCUT2D eigenvalue weighted by Gasteiger charge is 1.98. The third-order valence-corrected chi connectivity index (χ3v) is 4.47. The van der Waals surface area contributed by atoms with Crippen molar-refractivity contribution in [3.8, 4) is 0 Å². The molecule has 0 amide bonds. The molecule has 1 heterocycles. The molecule has 1 heteroatoms. The van der Waals surface area contributed by atoms with Crippen LogP contribution in [0.2, 0.25) is 0 Å². The van der Waals surface area contributed by atoms with Crippen molar-refractivity contribution in [2.75, 3.05) is 0 Å². The van der Waals surface area contributed by atoms with Crippen molar-refractivity contribution in [3.05, 3.63) is 42.1 Å². The van der Waals surface area contributed by atoms with Crippen molar-refractivity contribution in [1.82, 2.24) is 4.98 Å². The molecule has 0 spiro atoms. The van der Waals surface area contributed by atoms with Crippen LogP contribution < -0.4 is 0 Å². The molecule has 2 rings (SSSR count). The molecule has 120 valence electrons. The minimum absolute atomic E-state index is 1.11. The maximum atomic E-state index is 4.55. The highest BCUT2D eigenvalue weighted by molar-refractivity contribution is 5.78. The number of aryl methyl sites for hydroxylation is 1. The summed E-state index contributed by atoms with van der Waals surface area (Å²) in [7, 11) is 0. The Hall–Kier alpha value is -1.37. The van der Waals surface area contributed by atoms with E-state index in [2.05, 4.69) is 48.4 Å². The average Bonchev–Trinajstić information content (AvgIpc) is 2.56. The summed E-state index contributed by atoms with van der Waals surface area (Å²) in [6.45, 7) is 2.28. The van der Waals surface area contributed by atoms with Gasteiger partial charge < -0.3 is 0 Å². The molecule has 1 aromatic carbocycles. The number of unbranched alkanes of at least 4 members (excludes halogenated alkanes) is 9. The number of rotatable bonds is 11. The lowest BCUT2D eigenvalue weighted by Crippen LogP contribution is -1.89. The maximum absolute atomic E-state index is 4.55. The highest BCUT2D eigenvalue weighted by atomic mass is 14.6. The summed E-state index contributed by atoms with van der Waals surface area (Å²) < 4.78 is 0. The Morgan fingerprint density at radius 3 is 2.14 bits per heavy atom. The Kier molecular flexibility index (Phi) is 8.01. The predicted octanol–water partition coefficient (Wildman–Crippen LogP) is 6.70. The summed E-state index contributed by atoms with van der Waals surface area (Å²) >= 11 is 0. The van der Waals surface area contributed by atoms with Gasteiger partial charge in [-0.25, -0.2) is 0 Å². The van der Waals surface area contributed by atoms with E-state index in [1.54, 1.807) is 0 Å². The average molecular weight is 297 g/mol. The van der Waals surface area contributed by atoms with Crippen LogP contribution in [0.3, 0.4) is 0 Å². The van der Waals surface area contributed by atoms with E-state index in [0.717, 1.165) is 5.52 Å². The van der Waals surface area contributed by atoms with Gasteiger partial charge in [0.2, 0.25) is 0 Å². The number of fused-ring (bicyclic) bond motifs is 1. The molecule has 0 radical (unpaired) electrons. The molecule has 0 unspecified atom stereocenters. The van der Waals surface area contributed by atoms with Gasteiger partial charge in [-0.3, -0.25) is 4.98 Å². The van der Waals surface area contributed by atoms with E-state index >= 15 is 0 Å². The number of para-hydroxylation sites is 1. The number of aromatic nitrogens is 1. The second kappa shape index (κ2) is 10.4. The Morgan fingerprint density at radius 2 is 1.41 bits per heavy atom. The van der Waals surface area contributed by atoms with Crippen LogP contribution in [0.25, 0.3) is 10.9 Å². The van der Waals surface area contributed by atoms with Crippen LogP contribution in [0.15, 0.2) is 36.5 Å². The van der Waals surface area contributed by atoms with Crippen molar-refractivity contribution >= 4 is 10.9 Å². The van der Waals surface area contributed by atoms with Crippen LogP contribution >= 0.6 is 0 Å². The van der Waals surface area contributed by atoms with E-state index in [1.807, 2.05) is 0 Å². The third-order valence-electron chi connectivity index (χ3n) is 4.47. The predicted molar refractivity (Wildman–Crippen MR) is 97.3 cm³/mol. The van der Waals surface area contributed by atoms with E-state index in [1.165, 1.54) is 81.6 Å². The molecule has 0 aliphatic heterocycles. The first-order valence-corrected chi connectivity index (χ1v) is 9.24. The van der Waals surface area contributed by atoms with Gasteiger partial charge in [0.1, 0.15) is 0 Å². The molecule has 1 aromatic heterocycles. The van der Waals surface area contributed by atoms with Crippen LogP contribution in [0.4, 0.5) is 0 Å². The Bertz CT molecular complexity index is 532. The summed E-state index contributed by atoms with van der Waals surface area (Å²) in [6, 6.07) is 10.7. The van der Waals surface area contributed by atoms with Crippen LogP contribution in [0, 0.1) is 0 Å². The molecular formula is C21H31N. The zero-order valence-electron chi connectivity index (χ0n) is 14.2. The minimum Gasteiger partial charge on any atom is -0.256 e. The molecule has 0 saturated heterocycles. The minimum atomic E-state index is 1.11. The first kappa shape index (κ1) is 17.0. The second-order valence-corrected chi connectivity index (χ2v) is 6.47. The number of nitrogens with zero attached hydrogens (tertiary/aromatic N) is 1. The Balaban J connectivity index is 1.54. The van der Waals surface area contributed by atoms with Gasteiger partial charge >= 0.3 is 0 Å². The van der Waals surface area contributed by atoms with Gasteiger partial charge in [0.25, 0.3) is 0 Å². The van der Waals surface area contributed by atoms with Crippen molar-refractivity contribution in [2.24, 2.45) is 0 Å². The largest absolute Gasteiger partial charge is 0.256 e. The topological polar surface area (TPSA) is 12.9 Å². The Labute approximate surface area is 136 Å². The number of benzene rings is 1. The standard InChI is InChI=1S/C21H31N/c1-2-3-4-5-6-7-8-9-10-11-14-19-17-20-15-12-13-16-21(20)22-18-19/h12-13,15-18H,2-11,14H2,1H3. The van der Waals surface area contributed by atoms with Crippen molar-refractivity contribution in [3.63, 3.8) is 0 Å². The normalized spacial score (nSPS) is 11.1. The van der Waals surface area contributed by atoms with E-state index < -0.39 is 0 Å². The monoisotopic (exact) mass is 297 g/mol. The van der Waals surface area contributed by atoms with Crippen molar-refractivity contribution < 1.29 is 0 Å². The summed E-state index contributed by atoms with van der Waals surface area (Å²) in [5.41, 5.74) is 2.49. The first-order chi connectivity index (χ1) is 10.9. The Morgan fingerprint density at radius 1 is 0.773 bits per heavy atom. The zero-order valence-corrected chi connectivity index (χ0v) is 14.2. The molecule has 2 aromatic rings. The van der Waals surface area contributed by atoms with Gasteiger partial charge in [0, 0.05) is 11.6 Å². The smallest absolute Gasteiger partial charge is 0.0702 e. The maximum Gasteiger partial charge on any atom is 0.0702 e. The summed E-state index contributed by atoms with van der Waals surface area (Å²) in [4.78, 5) is 4.55. The van der Waals surface area contributed by atoms with E-state index in [-0.39, 0.29) is 0 Å². The zero-order chi connectivity index (χ0) is 15.5. The lowest BCUT2D eigenvalue weighted by molar-refractivity contribution is 0.556. The molecule has 0 aliphatic rings. The molecular weight excluding hydrogens is 266 g/mol. The van der Waals surface area contributed by atoms with Gasteiger partial charge in [0.05, 0.1) is 5.52 Å². The lowest BCUT2D eigenvalue weighted by atomic mass is 10.0. The quantitative estimate of drug-likeness (QED) is 0.421. The van der Waals surface area contributed by atoms with Crippen LogP contribution in [0.1, 0.15) is 76.7 Å². The molecule has 0 N–H and O–H groups in total. The van der Waals surface area contributed by atoms with Crippen LogP contribution in [0.5, 0.6) is 0 Å². The number of hydrogen-bond donors (Lipinski definition) is 0. The first-order valence-electron chi connectivity index (χ1n) is 9.24. The van der Waals surface area contributed by atoms with E-state index in [4.69, 9.17) is 0 Å². The summed E-state index contributed by atoms with van der Waals surface area (Å²) in [5, 5.41) is 1.27. The highest BCUT2D eigenvalue weighted by Crippen LogP contribution is 2.16. The molecule has 22 heavy (non-hydrogen) atoms. The van der Waals surface area contributed by atoms with Crippen LogP contribution in [-0.2, 0) is 6.42 Å². The fraction of sp³-hybridized carbons (Fsp3) is 0.571. The summed E-state index contributed by atoms with van der Waals surface area (Å²) in [6.07, 6.45) is 17.2. The number of pyridine rings is 1. The molecule has 0 fully saturated rings. The molecule has 0 saturated carbocycles. The SMILES string of the molecule is CCCCCCCCCCCCc1cnc2ccccc2c1. The fourth-order valence-electron chi connectivity index (χ4n) is 3.07. The van der Waals surface area contributed by atoms with Gasteiger partial charge in [-0.15, -0.1) is 0 Å². The van der Waals surface area contributed by atoms with Crippen molar-refractivity contribution in [2.45, 2.75) is 77.6 Å². The molecule has 1 nitrogen and oxygen atoms in total. The second-order valence-electron chi connectivity index (χ2n) is 6.47. The van der Waals surface area contributed by atoms with Gasteiger partial charge in [-0.2, -0.15) is 0 Å². The van der Waals surface area contributed by atoms with Gasteiger partial charge in [-0.05, 0) is 30.5 Å². The lowest BCUT2D eigenvalue weighted by Gasteiger charge is -2.04. The van der Waals surface area contributed by atoms with E-state index in [9.17, 15) is 0 Å². The molecule has 0 bridgehead atoms. The van der Waals surface area contributed by atoms with E-state index in [0.29, 0.717) is 0 Å². The summed E-state index contributed by atoms with van der Waals surface area (Å²) in [5.74, 6) is 0. The van der Waals surface area contributed by atoms with Crippen molar-refractivity contribution in [1.29, 1.82) is 0 Å². The molecule has 0 atom stereocenters. The van der Waals surface area contributed by atoms with Gasteiger partial charge in [0.15, 0.2) is 0 Å². The molecule has 0 aliphatic carbocycles. The third kappa shape index (κ3) is 6.17.